The molecule has 0 saturated heterocycles. The van der Waals surface area contributed by atoms with Crippen LogP contribution in [0.1, 0.15) is 40.4 Å². The lowest BCUT2D eigenvalue weighted by Crippen LogP contribution is -2.41. The third kappa shape index (κ3) is 3.58. The van der Waals surface area contributed by atoms with Crippen LogP contribution in [0, 0.1) is 5.92 Å². The van der Waals surface area contributed by atoms with E-state index < -0.39 is 12.0 Å². The Morgan fingerprint density at radius 3 is 2.85 bits per heavy atom. The predicted octanol–water partition coefficient (Wildman–Crippen LogP) is 2.05. The van der Waals surface area contributed by atoms with Crippen molar-refractivity contribution < 1.29 is 19.4 Å². The molecule has 1 amide bonds. The van der Waals surface area contributed by atoms with Gasteiger partial charge in [-0.3, -0.25) is 4.79 Å². The van der Waals surface area contributed by atoms with Gasteiger partial charge in [0.15, 0.2) is 0 Å². The molecular weight excluding hydrogens is 278 g/mol. The molecular formula is C14H19NO4S. The van der Waals surface area contributed by atoms with Gasteiger partial charge in [0.1, 0.15) is 6.04 Å². The molecule has 0 spiro atoms. The number of amides is 1. The lowest BCUT2D eigenvalue weighted by molar-refractivity contribution is -0.139. The quantitative estimate of drug-likeness (QED) is 0.872. The zero-order valence-electron chi connectivity index (χ0n) is 11.6. The lowest BCUT2D eigenvalue weighted by Gasteiger charge is -2.15. The molecule has 0 aromatic carbocycles. The van der Waals surface area contributed by atoms with Crippen LogP contribution in [0.2, 0.25) is 0 Å². The Morgan fingerprint density at radius 1 is 1.50 bits per heavy atom. The van der Waals surface area contributed by atoms with E-state index >= 15 is 0 Å². The second-order valence-corrected chi connectivity index (χ2v) is 6.49. The topological polar surface area (TPSA) is 75.6 Å². The smallest absolute Gasteiger partial charge is 0.326 e. The first-order valence-corrected chi connectivity index (χ1v) is 7.52. The second-order valence-electron chi connectivity index (χ2n) is 5.36. The Labute approximate surface area is 121 Å². The minimum atomic E-state index is -0.989. The van der Waals surface area contributed by atoms with Crippen molar-refractivity contribution in [2.45, 2.75) is 39.3 Å². The van der Waals surface area contributed by atoms with Gasteiger partial charge in [0, 0.05) is 11.3 Å². The number of carbonyl (C=O) groups excluding carboxylic acids is 1. The van der Waals surface area contributed by atoms with Gasteiger partial charge in [-0.15, -0.1) is 11.3 Å². The molecule has 1 aliphatic rings. The van der Waals surface area contributed by atoms with Crippen LogP contribution in [0.4, 0.5) is 0 Å². The number of fused-ring (bicyclic) bond motifs is 1. The monoisotopic (exact) mass is 297 g/mol. The fourth-order valence-corrected chi connectivity index (χ4v) is 3.23. The maximum atomic E-state index is 12.2. The van der Waals surface area contributed by atoms with E-state index in [9.17, 15) is 9.59 Å². The molecule has 1 aliphatic heterocycles. The van der Waals surface area contributed by atoms with E-state index in [2.05, 4.69) is 5.32 Å². The minimum absolute atomic E-state index is 0.210. The van der Waals surface area contributed by atoms with Gasteiger partial charge in [-0.1, -0.05) is 13.8 Å². The van der Waals surface area contributed by atoms with Crippen LogP contribution in [0.15, 0.2) is 6.07 Å². The van der Waals surface area contributed by atoms with Crippen LogP contribution in [0.5, 0.6) is 0 Å². The van der Waals surface area contributed by atoms with Crippen LogP contribution in [0.3, 0.4) is 0 Å². The molecule has 0 unspecified atom stereocenters. The summed E-state index contributed by atoms with van der Waals surface area (Å²) in [5, 5.41) is 11.8. The molecule has 0 fully saturated rings. The van der Waals surface area contributed by atoms with Gasteiger partial charge in [0.25, 0.3) is 5.91 Å². The SMILES string of the molecule is CC(C)C[C@@H](NC(=O)c1cc2c(s1)CCOC2)C(=O)O. The molecule has 5 nitrogen and oxygen atoms in total. The van der Waals surface area contributed by atoms with Gasteiger partial charge in [-0.05, 0) is 24.0 Å². The summed E-state index contributed by atoms with van der Waals surface area (Å²) in [5.74, 6) is -1.09. The van der Waals surface area contributed by atoms with E-state index in [4.69, 9.17) is 9.84 Å². The van der Waals surface area contributed by atoms with E-state index in [0.29, 0.717) is 24.5 Å². The standard InChI is InChI=1S/C14H19NO4S/c1-8(2)5-10(14(17)18)15-13(16)12-6-9-7-19-4-3-11(9)20-12/h6,8,10H,3-5,7H2,1-2H3,(H,15,16)(H,17,18)/t10-/m1/s1. The summed E-state index contributed by atoms with van der Waals surface area (Å²) >= 11 is 1.43. The van der Waals surface area contributed by atoms with Gasteiger partial charge in [0.05, 0.1) is 18.1 Å². The van der Waals surface area contributed by atoms with Crippen LogP contribution in [0.25, 0.3) is 0 Å². The van der Waals surface area contributed by atoms with Gasteiger partial charge < -0.3 is 15.2 Å². The lowest BCUT2D eigenvalue weighted by atomic mass is 10.0. The first-order chi connectivity index (χ1) is 9.47. The highest BCUT2D eigenvalue weighted by Gasteiger charge is 2.24. The van der Waals surface area contributed by atoms with E-state index in [1.165, 1.54) is 11.3 Å². The molecule has 20 heavy (non-hydrogen) atoms. The highest BCUT2D eigenvalue weighted by molar-refractivity contribution is 7.14. The molecule has 1 aromatic heterocycles. The van der Waals surface area contributed by atoms with Crippen molar-refractivity contribution in [2.24, 2.45) is 5.92 Å². The molecule has 0 radical (unpaired) electrons. The molecule has 1 aromatic rings. The zero-order chi connectivity index (χ0) is 14.7. The van der Waals surface area contributed by atoms with Crippen LogP contribution < -0.4 is 5.32 Å². The van der Waals surface area contributed by atoms with Gasteiger partial charge in [-0.25, -0.2) is 4.79 Å². The Kier molecular flexibility index (Phi) is 4.77. The van der Waals surface area contributed by atoms with E-state index in [1.807, 2.05) is 19.9 Å². The Hall–Kier alpha value is -1.40. The van der Waals surface area contributed by atoms with Crippen molar-refractivity contribution in [3.63, 3.8) is 0 Å². The number of thiophene rings is 1. The molecule has 0 bridgehead atoms. The maximum absolute atomic E-state index is 12.2. The number of hydrogen-bond donors (Lipinski definition) is 2. The highest BCUT2D eigenvalue weighted by Crippen LogP contribution is 2.27. The summed E-state index contributed by atoms with van der Waals surface area (Å²) in [5.41, 5.74) is 1.04. The minimum Gasteiger partial charge on any atom is -0.480 e. The molecule has 0 aliphatic carbocycles. The Bertz CT molecular complexity index is 486. The number of carboxylic acids is 1. The molecule has 0 saturated carbocycles. The van der Waals surface area contributed by atoms with Crippen LogP contribution in [-0.4, -0.2) is 29.6 Å². The molecule has 2 heterocycles. The number of ether oxygens (including phenoxy) is 1. The fraction of sp³-hybridized carbons (Fsp3) is 0.571. The van der Waals surface area contributed by atoms with Gasteiger partial charge in [0.2, 0.25) is 0 Å². The van der Waals surface area contributed by atoms with Gasteiger partial charge >= 0.3 is 5.97 Å². The van der Waals surface area contributed by atoms with Crippen molar-refractivity contribution in [2.75, 3.05) is 6.61 Å². The maximum Gasteiger partial charge on any atom is 0.326 e. The summed E-state index contributed by atoms with van der Waals surface area (Å²) in [6.07, 6.45) is 1.25. The normalized spacial score (nSPS) is 15.8. The summed E-state index contributed by atoms with van der Waals surface area (Å²) in [6, 6.07) is 0.973. The van der Waals surface area contributed by atoms with E-state index in [0.717, 1.165) is 16.9 Å². The average Bonchev–Trinajstić information content (AvgIpc) is 2.81. The highest BCUT2D eigenvalue weighted by atomic mass is 32.1. The number of aliphatic carboxylic acids is 1. The number of hydrogen-bond acceptors (Lipinski definition) is 4. The number of carbonyl (C=O) groups is 2. The number of carboxylic acid groups (broad SMARTS) is 1. The van der Waals surface area contributed by atoms with Crippen molar-refractivity contribution in [3.05, 3.63) is 21.4 Å². The van der Waals surface area contributed by atoms with Crippen LogP contribution >= 0.6 is 11.3 Å². The number of rotatable bonds is 5. The van der Waals surface area contributed by atoms with Crippen molar-refractivity contribution >= 4 is 23.2 Å². The molecule has 2 rings (SSSR count). The van der Waals surface area contributed by atoms with Crippen molar-refractivity contribution in [3.8, 4) is 0 Å². The second kappa shape index (κ2) is 6.37. The largest absolute Gasteiger partial charge is 0.480 e. The number of nitrogens with one attached hydrogen (secondary N) is 1. The zero-order valence-corrected chi connectivity index (χ0v) is 12.5. The fourth-order valence-electron chi connectivity index (χ4n) is 2.18. The Morgan fingerprint density at radius 2 is 2.25 bits per heavy atom. The molecule has 2 N–H and O–H groups in total. The summed E-state index contributed by atoms with van der Waals surface area (Å²) in [6.45, 7) is 5.08. The van der Waals surface area contributed by atoms with Crippen molar-refractivity contribution in [1.29, 1.82) is 0 Å². The summed E-state index contributed by atoms with van der Waals surface area (Å²) < 4.78 is 5.34. The molecule has 110 valence electrons. The van der Waals surface area contributed by atoms with Crippen molar-refractivity contribution in [1.82, 2.24) is 5.32 Å². The Balaban J connectivity index is 2.06. The molecule has 6 heteroatoms. The third-order valence-corrected chi connectivity index (χ3v) is 4.40. The molecule has 1 atom stereocenters. The van der Waals surface area contributed by atoms with Gasteiger partial charge in [-0.2, -0.15) is 0 Å². The summed E-state index contributed by atoms with van der Waals surface area (Å²) in [7, 11) is 0. The van der Waals surface area contributed by atoms with E-state index in [-0.39, 0.29) is 11.8 Å². The first-order valence-electron chi connectivity index (χ1n) is 6.70. The average molecular weight is 297 g/mol. The summed E-state index contributed by atoms with van der Waals surface area (Å²) in [4.78, 5) is 25.0. The first kappa shape index (κ1) is 15.0. The van der Waals surface area contributed by atoms with Crippen LogP contribution in [-0.2, 0) is 22.6 Å². The third-order valence-electron chi connectivity index (χ3n) is 3.16. The predicted molar refractivity (Wildman–Crippen MR) is 76.0 cm³/mol. The van der Waals surface area contributed by atoms with E-state index in [1.54, 1.807) is 0 Å².